The molecule has 3 nitrogen and oxygen atoms in total. The second-order valence-electron chi connectivity index (χ2n) is 4.75. The lowest BCUT2D eigenvalue weighted by Crippen LogP contribution is -2.22. The fourth-order valence-electron chi connectivity index (χ4n) is 1.63. The molecule has 1 rings (SSSR count). The highest BCUT2D eigenvalue weighted by Gasteiger charge is 2.13. The molecule has 3 heteroatoms. The average molecular weight is 235 g/mol. The van der Waals surface area contributed by atoms with E-state index in [1.807, 2.05) is 12.1 Å². The van der Waals surface area contributed by atoms with E-state index >= 15 is 0 Å². The van der Waals surface area contributed by atoms with Crippen molar-refractivity contribution >= 4 is 6.09 Å². The lowest BCUT2D eigenvalue weighted by Gasteiger charge is -2.15. The zero-order chi connectivity index (χ0) is 13.0. The number of carbonyl (C=O) groups is 1. The Bertz CT molecular complexity index is 397. The summed E-state index contributed by atoms with van der Waals surface area (Å²) in [4.78, 5) is 11.3. The van der Waals surface area contributed by atoms with E-state index in [0.717, 1.165) is 5.56 Å². The molecule has 0 radical (unpaired) electrons. The van der Waals surface area contributed by atoms with Gasteiger partial charge in [-0.15, -0.1) is 0 Å². The second kappa shape index (κ2) is 5.71. The van der Waals surface area contributed by atoms with Gasteiger partial charge in [0, 0.05) is 7.05 Å². The molecule has 0 spiro atoms. The molecule has 0 unspecified atom stereocenters. The van der Waals surface area contributed by atoms with Crippen molar-refractivity contribution in [1.82, 2.24) is 5.32 Å². The Hall–Kier alpha value is -1.51. The van der Waals surface area contributed by atoms with Crippen LogP contribution in [-0.4, -0.2) is 13.1 Å². The minimum atomic E-state index is -0.423. The maximum Gasteiger partial charge on any atom is 0.412 e. The van der Waals surface area contributed by atoms with Crippen molar-refractivity contribution in [1.29, 1.82) is 0 Å². The van der Waals surface area contributed by atoms with Gasteiger partial charge < -0.3 is 10.1 Å². The molecule has 0 bridgehead atoms. The van der Waals surface area contributed by atoms with E-state index in [-0.39, 0.29) is 0 Å². The third-order valence-corrected chi connectivity index (χ3v) is 2.73. The number of benzene rings is 1. The van der Waals surface area contributed by atoms with Crippen LogP contribution in [0.4, 0.5) is 4.79 Å². The molecule has 0 saturated carbocycles. The first kappa shape index (κ1) is 13.6. The van der Waals surface area contributed by atoms with Crippen LogP contribution in [0.1, 0.15) is 50.7 Å². The van der Waals surface area contributed by atoms with E-state index in [2.05, 4.69) is 39.1 Å². The molecule has 0 aliphatic rings. The largest absolute Gasteiger partial charge is 0.412 e. The lowest BCUT2D eigenvalue weighted by molar-refractivity contribution is 0.202. The maximum absolute atomic E-state index is 11.3. The Morgan fingerprint density at radius 2 is 1.82 bits per heavy atom. The molecule has 1 aromatic carbocycles. The molecule has 1 amide bonds. The predicted octanol–water partition coefficient (Wildman–Crippen LogP) is 3.65. The highest BCUT2D eigenvalue weighted by Crippen LogP contribution is 2.30. The van der Waals surface area contributed by atoms with Crippen molar-refractivity contribution in [3.05, 3.63) is 29.3 Å². The summed E-state index contributed by atoms with van der Waals surface area (Å²) in [6, 6.07) is 6.09. The molecule has 0 atom stereocenters. The van der Waals surface area contributed by atoms with Gasteiger partial charge in [0.25, 0.3) is 0 Å². The van der Waals surface area contributed by atoms with Gasteiger partial charge in [-0.05, 0) is 29.0 Å². The van der Waals surface area contributed by atoms with E-state index in [9.17, 15) is 4.79 Å². The summed E-state index contributed by atoms with van der Waals surface area (Å²) in [6.07, 6.45) is -0.423. The van der Waals surface area contributed by atoms with Crippen LogP contribution in [-0.2, 0) is 0 Å². The van der Waals surface area contributed by atoms with Gasteiger partial charge in [-0.25, -0.2) is 4.79 Å². The minimum absolute atomic E-state index is 0.330. The Labute approximate surface area is 103 Å². The van der Waals surface area contributed by atoms with E-state index in [1.165, 1.54) is 5.56 Å². The monoisotopic (exact) mass is 235 g/mol. The third-order valence-electron chi connectivity index (χ3n) is 2.73. The van der Waals surface area contributed by atoms with Crippen molar-refractivity contribution in [2.45, 2.75) is 39.5 Å². The van der Waals surface area contributed by atoms with Crippen molar-refractivity contribution in [3.63, 3.8) is 0 Å². The van der Waals surface area contributed by atoms with Gasteiger partial charge in [-0.2, -0.15) is 0 Å². The number of amides is 1. The van der Waals surface area contributed by atoms with Crippen molar-refractivity contribution < 1.29 is 9.53 Å². The SMILES string of the molecule is CNC(=O)Oc1cc(C(C)C)ccc1C(C)C. The van der Waals surface area contributed by atoms with Crippen LogP contribution in [0.5, 0.6) is 5.75 Å². The molecule has 0 saturated heterocycles. The van der Waals surface area contributed by atoms with Gasteiger partial charge in [0.1, 0.15) is 5.75 Å². The Morgan fingerprint density at radius 1 is 1.18 bits per heavy atom. The van der Waals surface area contributed by atoms with E-state index in [4.69, 9.17) is 4.74 Å². The number of ether oxygens (including phenoxy) is 1. The van der Waals surface area contributed by atoms with Crippen LogP contribution >= 0.6 is 0 Å². The Balaban J connectivity index is 3.11. The van der Waals surface area contributed by atoms with Crippen LogP contribution in [0.25, 0.3) is 0 Å². The first-order valence-electron chi connectivity index (χ1n) is 5.99. The topological polar surface area (TPSA) is 38.3 Å². The van der Waals surface area contributed by atoms with Gasteiger partial charge >= 0.3 is 6.09 Å². The lowest BCUT2D eigenvalue weighted by atomic mass is 9.96. The Morgan fingerprint density at radius 3 is 2.29 bits per heavy atom. The summed E-state index contributed by atoms with van der Waals surface area (Å²) in [5.41, 5.74) is 2.23. The fraction of sp³-hybridized carbons (Fsp3) is 0.500. The van der Waals surface area contributed by atoms with Gasteiger partial charge in [-0.1, -0.05) is 39.8 Å². The van der Waals surface area contributed by atoms with Gasteiger partial charge in [-0.3, -0.25) is 0 Å². The number of hydrogen-bond acceptors (Lipinski definition) is 2. The highest BCUT2D eigenvalue weighted by atomic mass is 16.6. The molecule has 1 N–H and O–H groups in total. The zero-order valence-corrected chi connectivity index (χ0v) is 11.2. The molecule has 0 aromatic heterocycles. The van der Waals surface area contributed by atoms with Gasteiger partial charge in [0.05, 0.1) is 0 Å². The second-order valence-corrected chi connectivity index (χ2v) is 4.75. The van der Waals surface area contributed by atoms with E-state index in [1.54, 1.807) is 7.05 Å². The summed E-state index contributed by atoms with van der Waals surface area (Å²) < 4.78 is 5.30. The molecule has 0 aliphatic heterocycles. The molecule has 0 aliphatic carbocycles. The van der Waals surface area contributed by atoms with Crippen LogP contribution in [0, 0.1) is 0 Å². The fourth-order valence-corrected chi connectivity index (χ4v) is 1.63. The molecule has 94 valence electrons. The van der Waals surface area contributed by atoms with Crippen LogP contribution < -0.4 is 10.1 Å². The molecule has 17 heavy (non-hydrogen) atoms. The minimum Gasteiger partial charge on any atom is -0.410 e. The zero-order valence-electron chi connectivity index (χ0n) is 11.2. The molecule has 1 aromatic rings. The van der Waals surface area contributed by atoms with E-state index in [0.29, 0.717) is 17.6 Å². The number of hydrogen-bond donors (Lipinski definition) is 1. The molecular formula is C14H21NO2. The van der Waals surface area contributed by atoms with E-state index < -0.39 is 6.09 Å². The summed E-state index contributed by atoms with van der Waals surface area (Å²) in [7, 11) is 1.56. The number of carbonyl (C=O) groups excluding carboxylic acids is 1. The third kappa shape index (κ3) is 3.48. The van der Waals surface area contributed by atoms with Crippen LogP contribution in [0.15, 0.2) is 18.2 Å². The predicted molar refractivity (Wildman–Crippen MR) is 69.7 cm³/mol. The summed E-state index contributed by atoms with van der Waals surface area (Å²) in [6.45, 7) is 8.41. The van der Waals surface area contributed by atoms with Crippen molar-refractivity contribution in [2.75, 3.05) is 7.05 Å². The first-order valence-corrected chi connectivity index (χ1v) is 5.99. The maximum atomic E-state index is 11.3. The van der Waals surface area contributed by atoms with Crippen LogP contribution in [0.3, 0.4) is 0 Å². The number of rotatable bonds is 3. The van der Waals surface area contributed by atoms with Gasteiger partial charge in [0.2, 0.25) is 0 Å². The molecular weight excluding hydrogens is 214 g/mol. The molecule has 0 fully saturated rings. The number of nitrogens with one attached hydrogen (secondary N) is 1. The molecule has 0 heterocycles. The van der Waals surface area contributed by atoms with Crippen LogP contribution in [0.2, 0.25) is 0 Å². The summed E-state index contributed by atoms with van der Waals surface area (Å²) in [5, 5.41) is 2.47. The Kier molecular flexibility index (Phi) is 4.55. The smallest absolute Gasteiger partial charge is 0.410 e. The first-order chi connectivity index (χ1) is 7.95. The normalized spacial score (nSPS) is 10.8. The van der Waals surface area contributed by atoms with Crippen molar-refractivity contribution in [3.8, 4) is 5.75 Å². The van der Waals surface area contributed by atoms with Gasteiger partial charge in [0.15, 0.2) is 0 Å². The highest BCUT2D eigenvalue weighted by molar-refractivity contribution is 5.70. The summed E-state index contributed by atoms with van der Waals surface area (Å²) >= 11 is 0. The van der Waals surface area contributed by atoms with Crippen molar-refractivity contribution in [2.24, 2.45) is 0 Å². The average Bonchev–Trinajstić information content (AvgIpc) is 2.28. The standard InChI is InChI=1S/C14H21NO2/c1-9(2)11-6-7-12(10(3)4)13(8-11)17-14(16)15-5/h6-10H,1-5H3,(H,15,16). The quantitative estimate of drug-likeness (QED) is 0.868. The summed E-state index contributed by atoms with van der Waals surface area (Å²) in [5.74, 6) is 1.41.